The van der Waals surface area contributed by atoms with Gasteiger partial charge in [0.05, 0.1) is 17.0 Å². The number of hydrogen-bond donors (Lipinski definition) is 0. The average Bonchev–Trinajstić information content (AvgIpc) is 2.88. The number of rotatable bonds is 7. The summed E-state index contributed by atoms with van der Waals surface area (Å²) < 4.78 is 5.83. The largest absolute Gasteiger partial charge is 0.492 e. The predicted molar refractivity (Wildman–Crippen MR) is 119 cm³/mol. The summed E-state index contributed by atoms with van der Waals surface area (Å²) in [6.45, 7) is 10.6. The van der Waals surface area contributed by atoms with Crippen LogP contribution < -0.4 is 4.74 Å². The molecule has 1 heterocycles. The predicted octanol–water partition coefficient (Wildman–Crippen LogP) is 4.83. The SMILES string of the molecule is CCSC1=C(c2ccc(C)c(C)c2)C(=O)N(CCOc2cc(C)cc(C)c2)C1=O. The first-order valence-corrected chi connectivity index (χ1v) is 10.8. The highest BCUT2D eigenvalue weighted by Gasteiger charge is 2.38. The van der Waals surface area contributed by atoms with E-state index in [-0.39, 0.29) is 25.0 Å². The zero-order valence-corrected chi connectivity index (χ0v) is 18.5. The van der Waals surface area contributed by atoms with Crippen molar-refractivity contribution in [2.24, 2.45) is 0 Å². The van der Waals surface area contributed by atoms with E-state index in [1.165, 1.54) is 16.7 Å². The lowest BCUT2D eigenvalue weighted by molar-refractivity contribution is -0.136. The van der Waals surface area contributed by atoms with E-state index >= 15 is 0 Å². The molecule has 0 N–H and O–H groups in total. The molecule has 2 aromatic rings. The molecule has 4 nitrogen and oxygen atoms in total. The van der Waals surface area contributed by atoms with Crippen LogP contribution in [-0.4, -0.2) is 35.6 Å². The lowest BCUT2D eigenvalue weighted by Crippen LogP contribution is -2.35. The second-order valence-corrected chi connectivity index (χ2v) is 8.64. The van der Waals surface area contributed by atoms with Gasteiger partial charge in [0, 0.05) is 0 Å². The standard InChI is InChI=1S/C24H27NO3S/c1-6-29-22-21(19-8-7-17(4)18(5)14-19)23(26)25(24(22)27)9-10-28-20-12-15(2)11-16(3)13-20/h7-8,11-14H,6,9-10H2,1-5H3. The third-order valence-electron chi connectivity index (χ3n) is 4.99. The Hall–Kier alpha value is -2.53. The fourth-order valence-corrected chi connectivity index (χ4v) is 4.33. The lowest BCUT2D eigenvalue weighted by atomic mass is 10.0. The highest BCUT2D eigenvalue weighted by atomic mass is 32.2. The van der Waals surface area contributed by atoms with Crippen molar-refractivity contribution < 1.29 is 14.3 Å². The molecule has 0 spiro atoms. The van der Waals surface area contributed by atoms with Crippen LogP contribution in [-0.2, 0) is 9.59 Å². The van der Waals surface area contributed by atoms with Crippen molar-refractivity contribution in [2.75, 3.05) is 18.9 Å². The minimum Gasteiger partial charge on any atom is -0.492 e. The third kappa shape index (κ3) is 4.56. The number of imide groups is 1. The van der Waals surface area contributed by atoms with Crippen LogP contribution in [0.2, 0.25) is 0 Å². The van der Waals surface area contributed by atoms with Crippen molar-refractivity contribution in [3.63, 3.8) is 0 Å². The average molecular weight is 410 g/mol. The normalized spacial score (nSPS) is 14.2. The Morgan fingerprint density at radius 3 is 2.21 bits per heavy atom. The molecule has 3 rings (SSSR count). The molecular weight excluding hydrogens is 382 g/mol. The minimum atomic E-state index is -0.238. The molecule has 5 heteroatoms. The maximum atomic E-state index is 13.1. The van der Waals surface area contributed by atoms with Gasteiger partial charge in [-0.25, -0.2) is 0 Å². The van der Waals surface area contributed by atoms with Gasteiger partial charge in [-0.15, -0.1) is 11.8 Å². The van der Waals surface area contributed by atoms with E-state index in [1.807, 2.05) is 65.0 Å². The number of carbonyl (C=O) groups is 2. The fraction of sp³-hybridized carbons (Fsp3) is 0.333. The summed E-state index contributed by atoms with van der Waals surface area (Å²) in [6.07, 6.45) is 0. The van der Waals surface area contributed by atoms with Crippen LogP contribution in [0.3, 0.4) is 0 Å². The third-order valence-corrected chi connectivity index (χ3v) is 5.94. The molecule has 0 aromatic heterocycles. The Morgan fingerprint density at radius 2 is 1.59 bits per heavy atom. The monoisotopic (exact) mass is 409 g/mol. The number of carbonyl (C=O) groups excluding carboxylic acids is 2. The quantitative estimate of drug-likeness (QED) is 0.615. The van der Waals surface area contributed by atoms with Crippen molar-refractivity contribution in [1.29, 1.82) is 0 Å². The second kappa shape index (κ2) is 8.87. The number of hydrogen-bond acceptors (Lipinski definition) is 4. The summed E-state index contributed by atoms with van der Waals surface area (Å²) in [4.78, 5) is 27.9. The molecule has 0 atom stereocenters. The molecule has 0 unspecified atom stereocenters. The van der Waals surface area contributed by atoms with Crippen LogP contribution in [0.25, 0.3) is 5.57 Å². The number of ether oxygens (including phenoxy) is 1. The molecule has 0 fully saturated rings. The van der Waals surface area contributed by atoms with E-state index < -0.39 is 0 Å². The lowest BCUT2D eigenvalue weighted by Gasteiger charge is -2.16. The van der Waals surface area contributed by atoms with Gasteiger partial charge in [-0.05, 0) is 73.4 Å². The number of aryl methyl sites for hydroxylation is 4. The van der Waals surface area contributed by atoms with E-state index in [1.54, 1.807) is 0 Å². The summed E-state index contributed by atoms with van der Waals surface area (Å²) in [7, 11) is 0. The smallest absolute Gasteiger partial charge is 0.268 e. The first-order chi connectivity index (χ1) is 13.8. The number of thioether (sulfide) groups is 1. The minimum absolute atomic E-state index is 0.223. The Bertz CT molecular complexity index is 973. The second-order valence-electron chi connectivity index (χ2n) is 7.37. The van der Waals surface area contributed by atoms with E-state index in [0.717, 1.165) is 39.3 Å². The Kier molecular flexibility index (Phi) is 6.48. The number of amides is 2. The van der Waals surface area contributed by atoms with Crippen LogP contribution in [0.1, 0.15) is 34.7 Å². The first kappa shape index (κ1) is 21.2. The molecule has 2 aromatic carbocycles. The first-order valence-electron chi connectivity index (χ1n) is 9.83. The zero-order valence-electron chi connectivity index (χ0n) is 17.7. The molecule has 2 amide bonds. The summed E-state index contributed by atoms with van der Waals surface area (Å²) in [5, 5.41) is 0. The summed E-state index contributed by atoms with van der Waals surface area (Å²) >= 11 is 1.43. The maximum absolute atomic E-state index is 13.1. The molecule has 1 aliphatic heterocycles. The van der Waals surface area contributed by atoms with Gasteiger partial charge in [0.25, 0.3) is 11.8 Å². The van der Waals surface area contributed by atoms with Crippen molar-refractivity contribution in [3.8, 4) is 5.75 Å². The van der Waals surface area contributed by atoms with E-state index in [2.05, 4.69) is 6.07 Å². The number of nitrogens with zero attached hydrogens (tertiary/aromatic N) is 1. The Balaban J connectivity index is 1.79. The highest BCUT2D eigenvalue weighted by molar-refractivity contribution is 8.04. The summed E-state index contributed by atoms with van der Waals surface area (Å²) in [6, 6.07) is 11.9. The van der Waals surface area contributed by atoms with Crippen molar-refractivity contribution in [2.45, 2.75) is 34.6 Å². The zero-order chi connectivity index (χ0) is 21.1. The van der Waals surface area contributed by atoms with Crippen molar-refractivity contribution in [3.05, 3.63) is 69.1 Å². The topological polar surface area (TPSA) is 46.6 Å². The maximum Gasteiger partial charge on any atom is 0.268 e. The molecular formula is C24H27NO3S. The summed E-state index contributed by atoms with van der Waals surface area (Å²) in [5.41, 5.74) is 5.82. The summed E-state index contributed by atoms with van der Waals surface area (Å²) in [5.74, 6) is 1.03. The van der Waals surface area contributed by atoms with Gasteiger partial charge in [0.2, 0.25) is 0 Å². The van der Waals surface area contributed by atoms with E-state index in [0.29, 0.717) is 10.5 Å². The fourth-order valence-electron chi connectivity index (χ4n) is 3.46. The Labute approximate surface area is 176 Å². The van der Waals surface area contributed by atoms with Crippen LogP contribution in [0.15, 0.2) is 41.3 Å². The van der Waals surface area contributed by atoms with Gasteiger partial charge in [-0.2, -0.15) is 0 Å². The van der Waals surface area contributed by atoms with Crippen LogP contribution >= 0.6 is 11.8 Å². The number of benzene rings is 2. The highest BCUT2D eigenvalue weighted by Crippen LogP contribution is 2.36. The van der Waals surface area contributed by atoms with Gasteiger partial charge in [0.1, 0.15) is 12.4 Å². The van der Waals surface area contributed by atoms with Gasteiger partial charge in [-0.1, -0.05) is 31.2 Å². The van der Waals surface area contributed by atoms with Crippen LogP contribution in [0.5, 0.6) is 5.75 Å². The molecule has 0 aliphatic carbocycles. The molecule has 29 heavy (non-hydrogen) atoms. The van der Waals surface area contributed by atoms with Crippen LogP contribution in [0, 0.1) is 27.7 Å². The molecule has 0 saturated carbocycles. The van der Waals surface area contributed by atoms with Gasteiger partial charge < -0.3 is 4.74 Å². The van der Waals surface area contributed by atoms with E-state index in [4.69, 9.17) is 4.74 Å². The molecule has 0 bridgehead atoms. The molecule has 0 radical (unpaired) electrons. The molecule has 1 aliphatic rings. The van der Waals surface area contributed by atoms with Gasteiger partial charge >= 0.3 is 0 Å². The van der Waals surface area contributed by atoms with Gasteiger partial charge in [0.15, 0.2) is 0 Å². The Morgan fingerprint density at radius 1 is 0.897 bits per heavy atom. The molecule has 0 saturated heterocycles. The van der Waals surface area contributed by atoms with Crippen LogP contribution in [0.4, 0.5) is 0 Å². The van der Waals surface area contributed by atoms with Gasteiger partial charge in [-0.3, -0.25) is 14.5 Å². The van der Waals surface area contributed by atoms with Crippen molar-refractivity contribution >= 4 is 29.1 Å². The van der Waals surface area contributed by atoms with E-state index in [9.17, 15) is 9.59 Å². The van der Waals surface area contributed by atoms with Crippen molar-refractivity contribution in [1.82, 2.24) is 4.90 Å². The molecule has 152 valence electrons.